The van der Waals surface area contributed by atoms with Gasteiger partial charge in [-0.25, -0.2) is 4.79 Å². The third-order valence-corrected chi connectivity index (χ3v) is 2.16. The van der Waals surface area contributed by atoms with E-state index in [0.717, 1.165) is 0 Å². The van der Waals surface area contributed by atoms with Crippen molar-refractivity contribution in [2.24, 2.45) is 0 Å². The van der Waals surface area contributed by atoms with E-state index in [4.69, 9.17) is 4.74 Å². The van der Waals surface area contributed by atoms with Crippen LogP contribution in [0.2, 0.25) is 0 Å². The normalized spacial score (nSPS) is 20.1. The van der Waals surface area contributed by atoms with Crippen molar-refractivity contribution in [2.45, 2.75) is 19.4 Å². The van der Waals surface area contributed by atoms with E-state index in [0.29, 0.717) is 19.6 Å². The minimum atomic E-state index is -0.120. The van der Waals surface area contributed by atoms with Gasteiger partial charge in [-0.2, -0.15) is 0 Å². The Kier molecular flexibility index (Phi) is 2.57. The van der Waals surface area contributed by atoms with Crippen LogP contribution in [0.25, 0.3) is 0 Å². The molecule has 1 rings (SSSR count). The Hall–Kier alpha value is -0.770. The molecule has 0 aromatic heterocycles. The average Bonchev–Trinajstić information content (AvgIpc) is 1.99. The molecule has 0 atom stereocenters. The quantitative estimate of drug-likeness (QED) is 0.656. The van der Waals surface area contributed by atoms with E-state index in [1.54, 1.807) is 12.0 Å². The first-order valence-electron chi connectivity index (χ1n) is 4.19. The SMILES string of the molecule is CCNC(=O)N1CC(C)(OC)C1. The molecule has 0 aromatic carbocycles. The van der Waals surface area contributed by atoms with Gasteiger partial charge in [-0.05, 0) is 13.8 Å². The minimum Gasteiger partial charge on any atom is -0.375 e. The van der Waals surface area contributed by atoms with E-state index in [-0.39, 0.29) is 11.6 Å². The van der Waals surface area contributed by atoms with Gasteiger partial charge in [0.25, 0.3) is 0 Å². The molecule has 70 valence electrons. The second-order valence-electron chi connectivity index (χ2n) is 3.35. The third-order valence-electron chi connectivity index (χ3n) is 2.16. The molecule has 0 aliphatic carbocycles. The summed E-state index contributed by atoms with van der Waals surface area (Å²) in [6.07, 6.45) is 0. The lowest BCUT2D eigenvalue weighted by molar-refractivity contribution is -0.0909. The van der Waals surface area contributed by atoms with E-state index in [2.05, 4.69) is 5.32 Å². The third kappa shape index (κ3) is 1.69. The van der Waals surface area contributed by atoms with Gasteiger partial charge in [0, 0.05) is 13.7 Å². The zero-order valence-electron chi connectivity index (χ0n) is 7.89. The van der Waals surface area contributed by atoms with Gasteiger partial charge < -0.3 is 15.0 Å². The molecule has 0 unspecified atom stereocenters. The smallest absolute Gasteiger partial charge is 0.317 e. The Bertz CT molecular complexity index is 176. The van der Waals surface area contributed by atoms with Crippen LogP contribution in [0.15, 0.2) is 0 Å². The lowest BCUT2D eigenvalue weighted by atomic mass is 9.97. The maximum atomic E-state index is 11.2. The number of hydrogen-bond acceptors (Lipinski definition) is 2. The van der Waals surface area contributed by atoms with Crippen molar-refractivity contribution >= 4 is 6.03 Å². The molecule has 1 saturated heterocycles. The number of urea groups is 1. The predicted octanol–water partition coefficient (Wildman–Crippen LogP) is 0.437. The van der Waals surface area contributed by atoms with Gasteiger partial charge in [-0.1, -0.05) is 0 Å². The first-order chi connectivity index (χ1) is 5.61. The van der Waals surface area contributed by atoms with Gasteiger partial charge in [0.05, 0.1) is 13.1 Å². The summed E-state index contributed by atoms with van der Waals surface area (Å²) in [5.41, 5.74) is -0.120. The number of carbonyl (C=O) groups excluding carboxylic acids is 1. The Morgan fingerprint density at radius 1 is 1.67 bits per heavy atom. The second-order valence-corrected chi connectivity index (χ2v) is 3.35. The highest BCUT2D eigenvalue weighted by Crippen LogP contribution is 2.23. The highest BCUT2D eigenvalue weighted by molar-refractivity contribution is 5.75. The molecule has 0 bridgehead atoms. The van der Waals surface area contributed by atoms with Crippen LogP contribution in [0.4, 0.5) is 4.79 Å². The highest BCUT2D eigenvalue weighted by atomic mass is 16.5. The zero-order chi connectivity index (χ0) is 9.19. The van der Waals surface area contributed by atoms with E-state index >= 15 is 0 Å². The number of amides is 2. The second kappa shape index (κ2) is 3.31. The summed E-state index contributed by atoms with van der Waals surface area (Å²) < 4.78 is 5.21. The number of hydrogen-bond donors (Lipinski definition) is 1. The van der Waals surface area contributed by atoms with E-state index in [1.165, 1.54) is 0 Å². The summed E-state index contributed by atoms with van der Waals surface area (Å²) in [6, 6.07) is 0.00650. The van der Waals surface area contributed by atoms with Crippen LogP contribution < -0.4 is 5.32 Å². The van der Waals surface area contributed by atoms with Crippen LogP contribution in [0, 0.1) is 0 Å². The summed E-state index contributed by atoms with van der Waals surface area (Å²) in [4.78, 5) is 12.9. The fourth-order valence-corrected chi connectivity index (χ4v) is 1.30. The Labute approximate surface area is 72.9 Å². The Morgan fingerprint density at radius 2 is 2.25 bits per heavy atom. The average molecular weight is 172 g/mol. The highest BCUT2D eigenvalue weighted by Gasteiger charge is 2.41. The first-order valence-corrected chi connectivity index (χ1v) is 4.19. The van der Waals surface area contributed by atoms with Gasteiger partial charge in [-0.3, -0.25) is 0 Å². The largest absolute Gasteiger partial charge is 0.375 e. The molecule has 4 nitrogen and oxygen atoms in total. The van der Waals surface area contributed by atoms with Gasteiger partial charge in [-0.15, -0.1) is 0 Å². The zero-order valence-corrected chi connectivity index (χ0v) is 7.89. The molecule has 4 heteroatoms. The lowest BCUT2D eigenvalue weighted by Crippen LogP contribution is -2.64. The Morgan fingerprint density at radius 3 is 2.67 bits per heavy atom. The van der Waals surface area contributed by atoms with Gasteiger partial charge in [0.1, 0.15) is 5.60 Å². The molecule has 12 heavy (non-hydrogen) atoms. The lowest BCUT2D eigenvalue weighted by Gasteiger charge is -2.46. The van der Waals surface area contributed by atoms with Crippen molar-refractivity contribution in [2.75, 3.05) is 26.7 Å². The molecule has 0 aromatic rings. The van der Waals surface area contributed by atoms with Crippen molar-refractivity contribution in [3.63, 3.8) is 0 Å². The molecule has 1 aliphatic heterocycles. The number of rotatable bonds is 2. The maximum Gasteiger partial charge on any atom is 0.317 e. The summed E-state index contributed by atoms with van der Waals surface area (Å²) in [7, 11) is 1.68. The van der Waals surface area contributed by atoms with Crippen LogP contribution in [-0.4, -0.2) is 43.3 Å². The molecule has 0 radical (unpaired) electrons. The molecule has 0 spiro atoms. The molecule has 2 amide bonds. The van der Waals surface area contributed by atoms with Gasteiger partial charge >= 0.3 is 6.03 Å². The van der Waals surface area contributed by atoms with Crippen LogP contribution in [0.5, 0.6) is 0 Å². The fraction of sp³-hybridized carbons (Fsp3) is 0.875. The standard InChI is InChI=1S/C8H16N2O2/c1-4-9-7(11)10-5-8(2,6-10)12-3/h4-6H2,1-3H3,(H,9,11). The topological polar surface area (TPSA) is 41.6 Å². The summed E-state index contributed by atoms with van der Waals surface area (Å²) >= 11 is 0. The van der Waals surface area contributed by atoms with Crippen LogP contribution in [-0.2, 0) is 4.74 Å². The summed E-state index contributed by atoms with van der Waals surface area (Å²) in [6.45, 7) is 5.97. The molecule has 1 fully saturated rings. The van der Waals surface area contributed by atoms with Crippen molar-refractivity contribution in [1.29, 1.82) is 0 Å². The van der Waals surface area contributed by atoms with Crippen molar-refractivity contribution in [3.05, 3.63) is 0 Å². The van der Waals surface area contributed by atoms with E-state index < -0.39 is 0 Å². The van der Waals surface area contributed by atoms with Gasteiger partial charge in [0.2, 0.25) is 0 Å². The number of likely N-dealkylation sites (tertiary alicyclic amines) is 1. The Balaban J connectivity index is 2.29. The van der Waals surface area contributed by atoms with Crippen LogP contribution in [0.1, 0.15) is 13.8 Å². The van der Waals surface area contributed by atoms with Crippen LogP contribution >= 0.6 is 0 Å². The molecule has 1 aliphatic rings. The summed E-state index contributed by atoms with van der Waals surface area (Å²) in [5, 5.41) is 2.74. The van der Waals surface area contributed by atoms with Crippen molar-refractivity contribution in [3.8, 4) is 0 Å². The molecule has 1 N–H and O–H groups in total. The molecule has 0 saturated carbocycles. The predicted molar refractivity (Wildman–Crippen MR) is 46.1 cm³/mol. The minimum absolute atomic E-state index is 0.00650. The summed E-state index contributed by atoms with van der Waals surface area (Å²) in [5.74, 6) is 0. The van der Waals surface area contributed by atoms with E-state index in [1.807, 2.05) is 13.8 Å². The monoisotopic (exact) mass is 172 g/mol. The fourth-order valence-electron chi connectivity index (χ4n) is 1.30. The maximum absolute atomic E-state index is 11.2. The van der Waals surface area contributed by atoms with Crippen molar-refractivity contribution in [1.82, 2.24) is 10.2 Å². The molecular formula is C8H16N2O2. The number of methoxy groups -OCH3 is 1. The van der Waals surface area contributed by atoms with Gasteiger partial charge in [0.15, 0.2) is 0 Å². The molecular weight excluding hydrogens is 156 g/mol. The number of ether oxygens (including phenoxy) is 1. The number of nitrogens with zero attached hydrogens (tertiary/aromatic N) is 1. The number of nitrogens with one attached hydrogen (secondary N) is 1. The molecule has 1 heterocycles. The van der Waals surface area contributed by atoms with E-state index in [9.17, 15) is 4.79 Å². The van der Waals surface area contributed by atoms with Crippen molar-refractivity contribution < 1.29 is 9.53 Å². The number of carbonyl (C=O) groups is 1. The first kappa shape index (κ1) is 9.32. The van der Waals surface area contributed by atoms with Crippen LogP contribution in [0.3, 0.4) is 0 Å².